The Hall–Kier alpha value is -2.99. The van der Waals surface area contributed by atoms with Crippen molar-refractivity contribution < 1.29 is 32.3 Å². The number of halogens is 1. The maximum atomic E-state index is 13.1. The molecule has 190 valence electrons. The Morgan fingerprint density at radius 2 is 1.97 bits per heavy atom. The topological polar surface area (TPSA) is 145 Å². The van der Waals surface area contributed by atoms with E-state index in [1.165, 1.54) is 11.0 Å². The molecule has 0 radical (unpaired) electrons. The van der Waals surface area contributed by atoms with Crippen LogP contribution in [-0.4, -0.2) is 59.7 Å². The number of fused-ring (bicyclic) bond motifs is 1. The zero-order valence-corrected chi connectivity index (χ0v) is 19.9. The second-order valence-electron chi connectivity index (χ2n) is 9.35. The summed E-state index contributed by atoms with van der Waals surface area (Å²) < 4.78 is 39.1. The molecule has 2 unspecified atom stereocenters. The summed E-state index contributed by atoms with van der Waals surface area (Å²) in [5.41, 5.74) is 0.109. The van der Waals surface area contributed by atoms with Crippen molar-refractivity contribution in [2.75, 3.05) is 6.54 Å². The van der Waals surface area contributed by atoms with E-state index in [1.807, 2.05) is 0 Å². The van der Waals surface area contributed by atoms with Crippen LogP contribution in [0.1, 0.15) is 43.2 Å². The first kappa shape index (κ1) is 25.1. The largest absolute Gasteiger partial charge is 0.465 e. The number of hydrogen-bond donors (Lipinski definition) is 4. The summed E-state index contributed by atoms with van der Waals surface area (Å²) in [7, 11) is -3.62. The van der Waals surface area contributed by atoms with Gasteiger partial charge in [0.2, 0.25) is 15.9 Å². The summed E-state index contributed by atoms with van der Waals surface area (Å²) in [5, 5.41) is 14.0. The van der Waals surface area contributed by atoms with E-state index in [1.54, 1.807) is 18.2 Å². The molecule has 35 heavy (non-hydrogen) atoms. The third-order valence-electron chi connectivity index (χ3n) is 6.82. The van der Waals surface area contributed by atoms with Gasteiger partial charge in [0.05, 0.1) is 17.8 Å². The fourth-order valence-electron chi connectivity index (χ4n) is 4.45. The highest BCUT2D eigenvalue weighted by molar-refractivity contribution is 7.91. The summed E-state index contributed by atoms with van der Waals surface area (Å²) in [4.78, 5) is 36.4. The lowest BCUT2D eigenvalue weighted by atomic mass is 10.1. The van der Waals surface area contributed by atoms with E-state index in [-0.39, 0.29) is 30.2 Å². The minimum atomic E-state index is -3.62. The summed E-state index contributed by atoms with van der Waals surface area (Å²) in [6, 6.07) is 4.39. The van der Waals surface area contributed by atoms with Crippen LogP contribution < -0.4 is 15.4 Å². The molecule has 0 spiro atoms. The summed E-state index contributed by atoms with van der Waals surface area (Å²) in [5.74, 6) is -1.44. The fourth-order valence-corrected chi connectivity index (χ4v) is 5.81. The van der Waals surface area contributed by atoms with Gasteiger partial charge in [0, 0.05) is 18.0 Å². The number of sulfonamides is 1. The number of rotatable bonds is 6. The van der Waals surface area contributed by atoms with Crippen LogP contribution in [0.2, 0.25) is 0 Å². The van der Waals surface area contributed by atoms with Crippen molar-refractivity contribution in [1.29, 1.82) is 0 Å². The van der Waals surface area contributed by atoms with Crippen molar-refractivity contribution >= 4 is 27.9 Å². The van der Waals surface area contributed by atoms with Gasteiger partial charge in [0.1, 0.15) is 11.4 Å². The number of amides is 3. The van der Waals surface area contributed by atoms with Gasteiger partial charge in [-0.3, -0.25) is 19.2 Å². The number of carbonyl (C=O) groups excluding carboxylic acids is 2. The van der Waals surface area contributed by atoms with E-state index < -0.39 is 32.8 Å². The molecule has 2 saturated carbocycles. The van der Waals surface area contributed by atoms with Gasteiger partial charge in [-0.2, -0.15) is 0 Å². The smallest absolute Gasteiger partial charge is 0.407 e. The second-order valence-corrected chi connectivity index (χ2v) is 11.3. The second kappa shape index (κ2) is 9.57. The molecule has 2 heterocycles. The Kier molecular flexibility index (Phi) is 6.87. The molecule has 5 rings (SSSR count). The predicted molar refractivity (Wildman–Crippen MR) is 124 cm³/mol. The van der Waals surface area contributed by atoms with Crippen LogP contribution in [-0.2, 0) is 32.7 Å². The first-order chi connectivity index (χ1) is 16.6. The molecule has 10 nitrogen and oxygen atoms in total. The van der Waals surface area contributed by atoms with Crippen molar-refractivity contribution in [3.63, 3.8) is 0 Å². The molecule has 3 fully saturated rings. The van der Waals surface area contributed by atoms with Gasteiger partial charge in [0.15, 0.2) is 0 Å². The number of hydrogen-bond acceptors (Lipinski definition) is 6. The third kappa shape index (κ3) is 5.32. The highest BCUT2D eigenvalue weighted by Crippen LogP contribution is 2.45. The van der Waals surface area contributed by atoms with Crippen LogP contribution >= 0.6 is 0 Å². The average molecular weight is 509 g/mol. The number of carbonyl (C=O) groups is 3. The normalized spacial score (nSPS) is 26.7. The zero-order valence-electron chi connectivity index (χ0n) is 19.1. The van der Waals surface area contributed by atoms with Crippen molar-refractivity contribution in [3.05, 3.63) is 47.8 Å². The van der Waals surface area contributed by atoms with E-state index in [4.69, 9.17) is 5.11 Å². The van der Waals surface area contributed by atoms with Crippen molar-refractivity contribution in [2.45, 2.75) is 62.0 Å². The van der Waals surface area contributed by atoms with Gasteiger partial charge >= 0.3 is 6.09 Å². The quantitative estimate of drug-likeness (QED) is 0.423. The molecule has 12 heteroatoms. The molecule has 1 aromatic rings. The monoisotopic (exact) mass is 508 g/mol. The summed E-state index contributed by atoms with van der Waals surface area (Å²) in [6.07, 6.45) is 3.78. The number of nitrogens with zero attached hydrogens (tertiary/aromatic N) is 1. The first-order valence-electron chi connectivity index (χ1n) is 11.6. The van der Waals surface area contributed by atoms with Gasteiger partial charge in [-0.1, -0.05) is 18.2 Å². The van der Waals surface area contributed by atoms with Crippen molar-refractivity contribution in [1.82, 2.24) is 20.3 Å². The van der Waals surface area contributed by atoms with Crippen LogP contribution in [0.15, 0.2) is 30.9 Å². The first-order valence-corrected chi connectivity index (χ1v) is 13.1. The highest BCUT2D eigenvalue weighted by atomic mass is 32.2. The SMILES string of the molecule is C=CC1C[C@]1(NC(=O)C1CCCN1)C(=O)NS(=O)(=O)C1CC1.O=C(O)N1Cc2cccc(F)c2C1. The van der Waals surface area contributed by atoms with E-state index in [0.29, 0.717) is 31.4 Å². The minimum Gasteiger partial charge on any atom is -0.465 e. The van der Waals surface area contributed by atoms with Crippen LogP contribution in [0.3, 0.4) is 0 Å². The predicted octanol–water partition coefficient (Wildman–Crippen LogP) is 1.23. The Labute approximate surface area is 203 Å². The summed E-state index contributed by atoms with van der Waals surface area (Å²) in [6.45, 7) is 4.89. The zero-order chi connectivity index (χ0) is 25.4. The molecule has 1 saturated heterocycles. The fraction of sp³-hybridized carbons (Fsp3) is 0.522. The standard InChI is InChI=1S/C14H21N3O4S.C9H8FNO2/c1-2-9-8-14(9,16-12(18)11-4-3-7-15-11)13(19)17-22(20,21)10-5-6-10;10-8-3-1-2-6-4-11(9(12)13)5-7(6)8/h2,9-11,15H,1,3-8H2,(H,16,18)(H,17,19);1-3H,4-5H2,(H,12,13)/t9?,11?,14-;/m1./s1. The van der Waals surface area contributed by atoms with Crippen LogP contribution in [0.5, 0.6) is 0 Å². The van der Waals surface area contributed by atoms with Gasteiger partial charge in [0.25, 0.3) is 5.91 Å². The molecular weight excluding hydrogens is 479 g/mol. The third-order valence-corrected chi connectivity index (χ3v) is 8.64. The Morgan fingerprint density at radius 1 is 1.23 bits per heavy atom. The lowest BCUT2D eigenvalue weighted by molar-refractivity contribution is -0.130. The van der Waals surface area contributed by atoms with E-state index >= 15 is 0 Å². The average Bonchev–Trinajstić information content (AvgIpc) is 3.66. The molecule has 0 aromatic heterocycles. The Morgan fingerprint density at radius 3 is 2.51 bits per heavy atom. The maximum Gasteiger partial charge on any atom is 0.407 e. The Bertz CT molecular complexity index is 1150. The molecule has 3 atom stereocenters. The van der Waals surface area contributed by atoms with Crippen molar-refractivity contribution in [3.8, 4) is 0 Å². The molecular formula is C23H29FN4O6S. The van der Waals surface area contributed by atoms with Crippen molar-refractivity contribution in [2.24, 2.45) is 5.92 Å². The van der Waals surface area contributed by atoms with Crippen LogP contribution in [0.4, 0.5) is 9.18 Å². The van der Waals surface area contributed by atoms with E-state index in [9.17, 15) is 27.2 Å². The molecule has 0 bridgehead atoms. The van der Waals surface area contributed by atoms with E-state index in [0.717, 1.165) is 24.9 Å². The van der Waals surface area contributed by atoms with Gasteiger partial charge in [-0.15, -0.1) is 6.58 Å². The van der Waals surface area contributed by atoms with Gasteiger partial charge < -0.3 is 15.7 Å². The van der Waals surface area contributed by atoms with Gasteiger partial charge in [-0.25, -0.2) is 17.6 Å². The molecule has 3 amide bonds. The summed E-state index contributed by atoms with van der Waals surface area (Å²) >= 11 is 0. The lowest BCUT2D eigenvalue weighted by Gasteiger charge is -2.21. The van der Waals surface area contributed by atoms with E-state index in [2.05, 4.69) is 21.9 Å². The minimum absolute atomic E-state index is 0.164. The molecule has 4 aliphatic rings. The molecule has 2 aliphatic heterocycles. The molecule has 2 aliphatic carbocycles. The van der Waals surface area contributed by atoms with Crippen LogP contribution in [0, 0.1) is 11.7 Å². The Balaban J connectivity index is 0.000000189. The number of carboxylic acid groups (broad SMARTS) is 1. The van der Waals surface area contributed by atoms with Gasteiger partial charge in [-0.05, 0) is 50.3 Å². The number of benzene rings is 1. The molecule has 4 N–H and O–H groups in total. The number of nitrogens with one attached hydrogen (secondary N) is 3. The molecule has 1 aromatic carbocycles. The maximum absolute atomic E-state index is 13.1. The highest BCUT2D eigenvalue weighted by Gasteiger charge is 2.61. The van der Waals surface area contributed by atoms with Crippen LogP contribution in [0.25, 0.3) is 0 Å². The lowest BCUT2D eigenvalue weighted by Crippen LogP contribution is -2.55.